The van der Waals surface area contributed by atoms with Crippen molar-refractivity contribution in [3.8, 4) is 0 Å². The van der Waals surface area contributed by atoms with Gasteiger partial charge >= 0.3 is 0 Å². The first-order valence-electron chi connectivity index (χ1n) is 6.69. The van der Waals surface area contributed by atoms with Crippen molar-refractivity contribution in [2.45, 2.75) is 46.1 Å². The van der Waals surface area contributed by atoms with Gasteiger partial charge in [-0.2, -0.15) is 0 Å². The zero-order chi connectivity index (χ0) is 14.2. The van der Waals surface area contributed by atoms with E-state index in [0.717, 1.165) is 25.3 Å². The lowest BCUT2D eigenvalue weighted by Crippen LogP contribution is -2.37. The maximum absolute atomic E-state index is 13.6. The summed E-state index contributed by atoms with van der Waals surface area (Å²) in [6, 6.07) is 1.60. The molecule has 0 aromatic heterocycles. The van der Waals surface area contributed by atoms with Gasteiger partial charge in [-0.05, 0) is 30.6 Å². The SMILES string of the molecule is CC1CC(C)(C)CCC1Nc1cc(F)c(F)cc1F. The number of anilines is 1. The molecule has 106 valence electrons. The molecule has 1 saturated carbocycles. The maximum Gasteiger partial charge on any atom is 0.161 e. The van der Waals surface area contributed by atoms with Crippen molar-refractivity contribution in [1.29, 1.82) is 0 Å². The Morgan fingerprint density at radius 3 is 2.37 bits per heavy atom. The van der Waals surface area contributed by atoms with Gasteiger partial charge in [0.05, 0.1) is 5.69 Å². The second kappa shape index (κ2) is 5.06. The molecule has 1 fully saturated rings. The monoisotopic (exact) mass is 271 g/mol. The van der Waals surface area contributed by atoms with E-state index in [1.54, 1.807) is 0 Å². The number of rotatable bonds is 2. The number of nitrogens with one attached hydrogen (secondary N) is 1. The molecule has 1 N–H and O–H groups in total. The number of benzene rings is 1. The lowest BCUT2D eigenvalue weighted by atomic mass is 9.70. The lowest BCUT2D eigenvalue weighted by molar-refractivity contribution is 0.177. The summed E-state index contributed by atoms with van der Waals surface area (Å²) in [6.45, 7) is 6.55. The van der Waals surface area contributed by atoms with Gasteiger partial charge in [0, 0.05) is 18.2 Å². The number of hydrogen-bond donors (Lipinski definition) is 1. The Hall–Kier alpha value is -1.19. The smallest absolute Gasteiger partial charge is 0.161 e. The van der Waals surface area contributed by atoms with Crippen molar-refractivity contribution < 1.29 is 13.2 Å². The van der Waals surface area contributed by atoms with E-state index in [0.29, 0.717) is 17.4 Å². The van der Waals surface area contributed by atoms with E-state index in [9.17, 15) is 13.2 Å². The molecule has 1 aromatic carbocycles. The van der Waals surface area contributed by atoms with Gasteiger partial charge in [0.25, 0.3) is 0 Å². The molecule has 2 unspecified atom stereocenters. The van der Waals surface area contributed by atoms with Crippen molar-refractivity contribution >= 4 is 5.69 Å². The van der Waals surface area contributed by atoms with Crippen LogP contribution in [0.1, 0.15) is 40.0 Å². The van der Waals surface area contributed by atoms with Gasteiger partial charge in [0.1, 0.15) is 5.82 Å². The second-order valence-corrected chi connectivity index (χ2v) is 6.38. The average molecular weight is 271 g/mol. The zero-order valence-corrected chi connectivity index (χ0v) is 11.6. The van der Waals surface area contributed by atoms with Crippen LogP contribution in [0.5, 0.6) is 0 Å². The van der Waals surface area contributed by atoms with Crippen molar-refractivity contribution in [2.75, 3.05) is 5.32 Å². The highest BCUT2D eigenvalue weighted by molar-refractivity contribution is 5.46. The third kappa shape index (κ3) is 3.23. The average Bonchev–Trinajstić information content (AvgIpc) is 2.28. The summed E-state index contributed by atoms with van der Waals surface area (Å²) in [5.74, 6) is -2.54. The highest BCUT2D eigenvalue weighted by atomic mass is 19.2. The first-order chi connectivity index (χ1) is 8.78. The van der Waals surface area contributed by atoms with E-state index in [1.807, 2.05) is 0 Å². The number of hydrogen-bond acceptors (Lipinski definition) is 1. The van der Waals surface area contributed by atoms with Crippen LogP contribution in [0.3, 0.4) is 0 Å². The molecular formula is C15H20F3N. The van der Waals surface area contributed by atoms with E-state index < -0.39 is 17.5 Å². The van der Waals surface area contributed by atoms with Gasteiger partial charge < -0.3 is 5.32 Å². The molecule has 0 bridgehead atoms. The molecule has 1 aliphatic carbocycles. The minimum atomic E-state index is -1.15. The van der Waals surface area contributed by atoms with Gasteiger partial charge in [-0.15, -0.1) is 0 Å². The molecule has 0 aliphatic heterocycles. The molecule has 0 amide bonds. The lowest BCUT2D eigenvalue weighted by Gasteiger charge is -2.40. The molecule has 0 saturated heterocycles. The van der Waals surface area contributed by atoms with Gasteiger partial charge in [-0.3, -0.25) is 0 Å². The van der Waals surface area contributed by atoms with Gasteiger partial charge in [-0.25, -0.2) is 13.2 Å². The Morgan fingerprint density at radius 1 is 1.11 bits per heavy atom. The van der Waals surface area contributed by atoms with E-state index in [2.05, 4.69) is 26.1 Å². The molecule has 4 heteroatoms. The van der Waals surface area contributed by atoms with Crippen molar-refractivity contribution in [3.63, 3.8) is 0 Å². The fourth-order valence-electron chi connectivity index (χ4n) is 2.99. The highest BCUT2D eigenvalue weighted by Gasteiger charge is 2.32. The van der Waals surface area contributed by atoms with Crippen molar-refractivity contribution in [2.24, 2.45) is 11.3 Å². The molecule has 1 aliphatic rings. The van der Waals surface area contributed by atoms with E-state index >= 15 is 0 Å². The molecular weight excluding hydrogens is 251 g/mol. The molecule has 2 atom stereocenters. The fraction of sp³-hybridized carbons (Fsp3) is 0.600. The zero-order valence-electron chi connectivity index (χ0n) is 11.6. The summed E-state index contributed by atoms with van der Waals surface area (Å²) in [4.78, 5) is 0. The minimum Gasteiger partial charge on any atom is -0.380 e. The Kier molecular flexibility index (Phi) is 3.79. The number of halogens is 3. The highest BCUT2D eigenvalue weighted by Crippen LogP contribution is 2.39. The Labute approximate surface area is 112 Å². The topological polar surface area (TPSA) is 12.0 Å². The summed E-state index contributed by atoms with van der Waals surface area (Å²) >= 11 is 0. The van der Waals surface area contributed by atoms with Crippen LogP contribution in [0, 0.1) is 28.8 Å². The van der Waals surface area contributed by atoms with Crippen LogP contribution < -0.4 is 5.32 Å². The van der Waals surface area contributed by atoms with Crippen LogP contribution in [-0.2, 0) is 0 Å². The Balaban J connectivity index is 2.12. The molecule has 0 heterocycles. The van der Waals surface area contributed by atoms with Crippen LogP contribution >= 0.6 is 0 Å². The van der Waals surface area contributed by atoms with E-state index in [4.69, 9.17) is 0 Å². The normalized spacial score (nSPS) is 26.2. The molecule has 2 rings (SSSR count). The molecule has 0 spiro atoms. The summed E-state index contributed by atoms with van der Waals surface area (Å²) in [5.41, 5.74) is 0.347. The molecule has 19 heavy (non-hydrogen) atoms. The quantitative estimate of drug-likeness (QED) is 0.767. The first kappa shape index (κ1) is 14.2. The summed E-state index contributed by atoms with van der Waals surface area (Å²) in [5, 5.41) is 3.02. The van der Waals surface area contributed by atoms with Crippen LogP contribution in [0.4, 0.5) is 18.9 Å². The van der Waals surface area contributed by atoms with Gasteiger partial charge in [0.15, 0.2) is 11.6 Å². The summed E-state index contributed by atoms with van der Waals surface area (Å²) in [7, 11) is 0. The van der Waals surface area contributed by atoms with Crippen LogP contribution in [0.2, 0.25) is 0 Å². The Morgan fingerprint density at radius 2 is 1.74 bits per heavy atom. The predicted molar refractivity (Wildman–Crippen MR) is 70.5 cm³/mol. The van der Waals surface area contributed by atoms with Crippen molar-refractivity contribution in [1.82, 2.24) is 0 Å². The summed E-state index contributed by atoms with van der Waals surface area (Å²) < 4.78 is 39.6. The van der Waals surface area contributed by atoms with Crippen LogP contribution in [-0.4, -0.2) is 6.04 Å². The van der Waals surface area contributed by atoms with Gasteiger partial charge in [-0.1, -0.05) is 20.8 Å². The van der Waals surface area contributed by atoms with Crippen LogP contribution in [0.15, 0.2) is 12.1 Å². The molecule has 1 aromatic rings. The van der Waals surface area contributed by atoms with E-state index in [-0.39, 0.29) is 11.7 Å². The first-order valence-corrected chi connectivity index (χ1v) is 6.69. The largest absolute Gasteiger partial charge is 0.380 e. The fourth-order valence-corrected chi connectivity index (χ4v) is 2.99. The minimum absolute atomic E-state index is 0.0513. The van der Waals surface area contributed by atoms with E-state index in [1.165, 1.54) is 0 Å². The van der Waals surface area contributed by atoms with Gasteiger partial charge in [0.2, 0.25) is 0 Å². The summed E-state index contributed by atoms with van der Waals surface area (Å²) in [6.07, 6.45) is 2.99. The van der Waals surface area contributed by atoms with Crippen LogP contribution in [0.25, 0.3) is 0 Å². The van der Waals surface area contributed by atoms with Crippen molar-refractivity contribution in [3.05, 3.63) is 29.6 Å². The standard InChI is InChI=1S/C15H20F3N/c1-9-8-15(2,3)5-4-13(9)19-14-7-11(17)10(16)6-12(14)18/h6-7,9,13,19H,4-5,8H2,1-3H3. The molecule has 1 nitrogen and oxygen atoms in total. The second-order valence-electron chi connectivity index (χ2n) is 6.38. The predicted octanol–water partition coefficient (Wildman–Crippen LogP) is 4.73. The third-order valence-corrected chi connectivity index (χ3v) is 4.04. The Bertz CT molecular complexity index is 471. The third-order valence-electron chi connectivity index (χ3n) is 4.04. The maximum atomic E-state index is 13.6. The molecule has 0 radical (unpaired) electrons.